The molecule has 0 aliphatic carbocycles. The third-order valence-electron chi connectivity index (χ3n) is 4.65. The average Bonchev–Trinajstić information content (AvgIpc) is 3.17. The van der Waals surface area contributed by atoms with Crippen LogP contribution in [0.3, 0.4) is 0 Å². The second-order valence-corrected chi connectivity index (χ2v) is 8.61. The van der Waals surface area contributed by atoms with Gasteiger partial charge in [-0.2, -0.15) is 4.31 Å². The number of anilines is 2. The first kappa shape index (κ1) is 22.5. The Labute approximate surface area is 182 Å². The maximum Gasteiger partial charge on any atom is 0.248 e. The van der Waals surface area contributed by atoms with Gasteiger partial charge in [0.25, 0.3) is 0 Å². The minimum absolute atomic E-state index is 0.121. The molecule has 0 radical (unpaired) electrons. The zero-order chi connectivity index (χ0) is 22.4. The van der Waals surface area contributed by atoms with Gasteiger partial charge < -0.3 is 15.1 Å². The molecule has 0 unspecified atom stereocenters. The van der Waals surface area contributed by atoms with Crippen molar-refractivity contribution < 1.29 is 17.6 Å². The third kappa shape index (κ3) is 5.12. The van der Waals surface area contributed by atoms with Crippen molar-refractivity contribution in [2.24, 2.45) is 0 Å². The Kier molecular flexibility index (Phi) is 7.09. The molecule has 1 amide bonds. The van der Waals surface area contributed by atoms with Crippen molar-refractivity contribution in [2.75, 3.05) is 30.3 Å². The van der Waals surface area contributed by atoms with E-state index >= 15 is 0 Å². The molecule has 9 heteroatoms. The van der Waals surface area contributed by atoms with Crippen LogP contribution in [0.5, 0.6) is 0 Å². The Balaban J connectivity index is 1.85. The quantitative estimate of drug-likeness (QED) is 0.487. The Morgan fingerprint density at radius 2 is 1.84 bits per heavy atom. The number of para-hydroxylation sites is 2. The molecule has 1 heterocycles. The number of carbonyl (C=O) groups is 1. The largest absolute Gasteiger partial charge is 0.437 e. The number of sulfonamides is 1. The van der Waals surface area contributed by atoms with Crippen molar-refractivity contribution in [1.82, 2.24) is 9.29 Å². The third-order valence-corrected chi connectivity index (χ3v) is 6.69. The number of aromatic nitrogens is 1. The molecule has 0 aliphatic rings. The molecule has 0 saturated heterocycles. The predicted octanol–water partition coefficient (Wildman–Crippen LogP) is 3.94. The van der Waals surface area contributed by atoms with Crippen molar-refractivity contribution >= 4 is 44.5 Å². The van der Waals surface area contributed by atoms with Crippen LogP contribution in [0.15, 0.2) is 57.9 Å². The zero-order valence-electron chi connectivity index (χ0n) is 17.8. The van der Waals surface area contributed by atoms with Gasteiger partial charge in [-0.3, -0.25) is 4.79 Å². The number of carbonyl (C=O) groups excluding carboxylic acids is 1. The first-order chi connectivity index (χ1) is 14.9. The van der Waals surface area contributed by atoms with Crippen LogP contribution in [0.2, 0.25) is 0 Å². The summed E-state index contributed by atoms with van der Waals surface area (Å²) in [6, 6.07) is 12.0. The Hall–Kier alpha value is -3.17. The summed E-state index contributed by atoms with van der Waals surface area (Å²) in [5.74, 6) is -0.125. The van der Waals surface area contributed by atoms with Crippen LogP contribution in [0, 0.1) is 0 Å². The monoisotopic (exact) mass is 442 g/mol. The van der Waals surface area contributed by atoms with Crippen molar-refractivity contribution in [3.63, 3.8) is 0 Å². The van der Waals surface area contributed by atoms with Crippen molar-refractivity contribution in [2.45, 2.75) is 25.7 Å². The summed E-state index contributed by atoms with van der Waals surface area (Å²) < 4.78 is 32.7. The van der Waals surface area contributed by atoms with Crippen LogP contribution in [-0.2, 0) is 14.8 Å². The molecule has 0 atom stereocenters. The molecule has 2 aromatic carbocycles. The van der Waals surface area contributed by atoms with Gasteiger partial charge in [-0.05, 0) is 37.3 Å². The Morgan fingerprint density at radius 1 is 1.10 bits per heavy atom. The topological polar surface area (TPSA) is 105 Å². The van der Waals surface area contributed by atoms with Crippen LogP contribution in [0.25, 0.3) is 17.2 Å². The highest BCUT2D eigenvalue weighted by molar-refractivity contribution is 7.89. The fraction of sp³-hybridized carbons (Fsp3) is 0.273. The molecule has 1 aromatic heterocycles. The molecule has 2 N–H and O–H groups in total. The summed E-state index contributed by atoms with van der Waals surface area (Å²) in [6.07, 6.45) is 2.77. The van der Waals surface area contributed by atoms with E-state index in [9.17, 15) is 13.2 Å². The molecule has 31 heavy (non-hydrogen) atoms. The Morgan fingerprint density at radius 3 is 2.52 bits per heavy atom. The minimum Gasteiger partial charge on any atom is -0.437 e. The predicted molar refractivity (Wildman–Crippen MR) is 122 cm³/mol. The van der Waals surface area contributed by atoms with E-state index in [2.05, 4.69) is 15.6 Å². The Bertz CT molecular complexity index is 1160. The summed E-state index contributed by atoms with van der Waals surface area (Å²) in [6.45, 7) is 6.83. The van der Waals surface area contributed by atoms with E-state index in [1.165, 1.54) is 28.6 Å². The fourth-order valence-corrected chi connectivity index (χ4v) is 4.61. The minimum atomic E-state index is -3.65. The van der Waals surface area contributed by atoms with Gasteiger partial charge >= 0.3 is 0 Å². The maximum atomic E-state index is 12.9. The smallest absolute Gasteiger partial charge is 0.248 e. The number of nitrogens with one attached hydrogen (secondary N) is 2. The van der Waals surface area contributed by atoms with Crippen LogP contribution >= 0.6 is 0 Å². The second kappa shape index (κ2) is 9.76. The van der Waals surface area contributed by atoms with Gasteiger partial charge in [-0.1, -0.05) is 26.0 Å². The first-order valence-electron chi connectivity index (χ1n) is 10.1. The lowest BCUT2D eigenvalue weighted by molar-refractivity contribution is -0.111. The normalized spacial score (nSPS) is 12.0. The molecule has 3 aromatic rings. The number of hydrogen-bond donors (Lipinski definition) is 2. The number of hydrogen-bond acceptors (Lipinski definition) is 6. The van der Waals surface area contributed by atoms with E-state index in [1.54, 1.807) is 26.0 Å². The van der Waals surface area contributed by atoms with Crippen molar-refractivity contribution in [3.05, 3.63) is 54.4 Å². The number of oxazole rings is 1. The lowest BCUT2D eigenvalue weighted by Gasteiger charge is -2.20. The van der Waals surface area contributed by atoms with E-state index in [4.69, 9.17) is 4.42 Å². The second-order valence-electron chi connectivity index (χ2n) is 6.67. The van der Waals surface area contributed by atoms with Crippen LogP contribution < -0.4 is 10.6 Å². The van der Waals surface area contributed by atoms with Gasteiger partial charge in [0, 0.05) is 31.8 Å². The highest BCUT2D eigenvalue weighted by Crippen LogP contribution is 2.27. The molecule has 0 aliphatic heterocycles. The zero-order valence-corrected chi connectivity index (χ0v) is 18.6. The van der Waals surface area contributed by atoms with E-state index in [0.29, 0.717) is 48.0 Å². The number of fused-ring (bicyclic) bond motifs is 1. The molecule has 8 nitrogen and oxygen atoms in total. The maximum absolute atomic E-state index is 12.9. The van der Waals surface area contributed by atoms with Gasteiger partial charge in [-0.15, -0.1) is 0 Å². The van der Waals surface area contributed by atoms with E-state index in [1.807, 2.05) is 25.1 Å². The lowest BCUT2D eigenvalue weighted by atomic mass is 10.2. The molecule has 0 saturated carbocycles. The van der Waals surface area contributed by atoms with E-state index < -0.39 is 15.9 Å². The fourth-order valence-electron chi connectivity index (χ4n) is 3.13. The van der Waals surface area contributed by atoms with Gasteiger partial charge in [0.1, 0.15) is 5.52 Å². The molecular formula is C22H26N4O4S. The summed E-state index contributed by atoms with van der Waals surface area (Å²) in [5, 5.41) is 5.88. The molecule has 164 valence electrons. The lowest BCUT2D eigenvalue weighted by Crippen LogP contribution is -2.30. The highest BCUT2D eigenvalue weighted by Gasteiger charge is 2.23. The average molecular weight is 443 g/mol. The molecular weight excluding hydrogens is 416 g/mol. The SMILES string of the molecule is CCNc1ccc(S(=O)(=O)N(CC)CC)cc1NC(=O)/C=C/c1nc2ccccc2o1. The summed E-state index contributed by atoms with van der Waals surface area (Å²) in [7, 11) is -3.65. The molecule has 0 fully saturated rings. The van der Waals surface area contributed by atoms with Gasteiger partial charge in [0.2, 0.25) is 21.8 Å². The summed E-state index contributed by atoms with van der Waals surface area (Å²) in [4.78, 5) is 16.9. The summed E-state index contributed by atoms with van der Waals surface area (Å²) >= 11 is 0. The summed E-state index contributed by atoms with van der Waals surface area (Å²) in [5.41, 5.74) is 2.34. The number of amides is 1. The van der Waals surface area contributed by atoms with E-state index in [0.717, 1.165) is 0 Å². The van der Waals surface area contributed by atoms with Crippen molar-refractivity contribution in [3.8, 4) is 0 Å². The standard InChI is InChI=1S/C22H26N4O4S/c1-4-23-17-12-11-16(31(28,29)26(5-2)6-3)15-19(17)24-21(27)13-14-22-25-18-9-7-8-10-20(18)30-22/h7-15,23H,4-6H2,1-3H3,(H,24,27)/b14-13+. The first-order valence-corrected chi connectivity index (χ1v) is 11.6. The van der Waals surface area contributed by atoms with Crippen LogP contribution in [-0.4, -0.2) is 43.2 Å². The molecule has 0 bridgehead atoms. The number of rotatable bonds is 9. The van der Waals surface area contributed by atoms with Gasteiger partial charge in [-0.25, -0.2) is 13.4 Å². The number of nitrogens with zero attached hydrogens (tertiary/aromatic N) is 2. The number of benzene rings is 2. The van der Waals surface area contributed by atoms with Crippen LogP contribution in [0.4, 0.5) is 11.4 Å². The van der Waals surface area contributed by atoms with Gasteiger partial charge in [0.15, 0.2) is 5.58 Å². The molecule has 3 rings (SSSR count). The van der Waals surface area contributed by atoms with Crippen LogP contribution in [0.1, 0.15) is 26.7 Å². The van der Waals surface area contributed by atoms with E-state index in [-0.39, 0.29) is 4.90 Å². The molecule has 0 spiro atoms. The van der Waals surface area contributed by atoms with Gasteiger partial charge in [0.05, 0.1) is 16.3 Å². The highest BCUT2D eigenvalue weighted by atomic mass is 32.2. The van der Waals surface area contributed by atoms with Crippen molar-refractivity contribution in [1.29, 1.82) is 0 Å².